The van der Waals surface area contributed by atoms with Crippen LogP contribution in [0.25, 0.3) is 11.7 Å². The van der Waals surface area contributed by atoms with E-state index >= 15 is 0 Å². The number of hydrogen-bond acceptors (Lipinski definition) is 4. The van der Waals surface area contributed by atoms with E-state index in [1.54, 1.807) is 18.2 Å². The summed E-state index contributed by atoms with van der Waals surface area (Å²) in [5.74, 6) is -0.219. The molecule has 0 saturated carbocycles. The first-order valence-electron chi connectivity index (χ1n) is 8.16. The Labute approximate surface area is 150 Å². The maximum absolute atomic E-state index is 11.9. The van der Waals surface area contributed by atoms with Crippen molar-refractivity contribution in [1.82, 2.24) is 14.7 Å². The molecule has 0 radical (unpaired) electrons. The van der Waals surface area contributed by atoms with E-state index in [4.69, 9.17) is 0 Å². The maximum Gasteiger partial charge on any atom is 0.269 e. The van der Waals surface area contributed by atoms with Crippen molar-refractivity contribution < 1.29 is 9.72 Å². The monoisotopic (exact) mass is 350 g/mol. The number of nitro groups is 1. The van der Waals surface area contributed by atoms with Gasteiger partial charge < -0.3 is 9.72 Å². The van der Waals surface area contributed by atoms with Gasteiger partial charge in [-0.2, -0.15) is 0 Å². The van der Waals surface area contributed by atoms with Gasteiger partial charge in [-0.1, -0.05) is 0 Å². The fraction of sp³-hybridized carbons (Fsp3) is 0.158. The Hall–Kier alpha value is -3.48. The van der Waals surface area contributed by atoms with Crippen molar-refractivity contribution >= 4 is 23.3 Å². The van der Waals surface area contributed by atoms with Gasteiger partial charge in [-0.15, -0.1) is 0 Å². The molecule has 26 heavy (non-hydrogen) atoms. The van der Waals surface area contributed by atoms with Crippen LogP contribution in [-0.2, 0) is 11.2 Å². The molecular weight excluding hydrogens is 332 g/mol. The highest BCUT2D eigenvalue weighted by Crippen LogP contribution is 2.12. The van der Waals surface area contributed by atoms with E-state index in [0.717, 1.165) is 22.5 Å². The predicted octanol–water partition coefficient (Wildman–Crippen LogP) is 2.92. The van der Waals surface area contributed by atoms with Crippen LogP contribution in [0.15, 0.2) is 54.9 Å². The summed E-state index contributed by atoms with van der Waals surface area (Å²) in [6, 6.07) is 10.0. The highest BCUT2D eigenvalue weighted by atomic mass is 16.6. The number of amides is 1. The van der Waals surface area contributed by atoms with Crippen molar-refractivity contribution in [3.05, 3.63) is 81.8 Å². The molecule has 3 rings (SSSR count). The molecule has 3 aromatic rings. The molecule has 1 aromatic carbocycles. The molecule has 1 amide bonds. The molecule has 132 valence electrons. The van der Waals surface area contributed by atoms with Crippen LogP contribution in [0.3, 0.4) is 0 Å². The first kappa shape index (κ1) is 17.3. The highest BCUT2D eigenvalue weighted by molar-refractivity contribution is 5.91. The third-order valence-electron chi connectivity index (χ3n) is 3.88. The maximum atomic E-state index is 11.9. The normalized spacial score (nSPS) is 11.1. The van der Waals surface area contributed by atoms with Crippen LogP contribution in [0, 0.1) is 17.0 Å². The van der Waals surface area contributed by atoms with Gasteiger partial charge in [0.25, 0.3) is 5.69 Å². The zero-order chi connectivity index (χ0) is 18.5. The molecule has 1 N–H and O–H groups in total. The van der Waals surface area contributed by atoms with E-state index in [1.165, 1.54) is 18.2 Å². The van der Waals surface area contributed by atoms with Crippen LogP contribution >= 0.6 is 0 Å². The fourth-order valence-corrected chi connectivity index (χ4v) is 2.51. The summed E-state index contributed by atoms with van der Waals surface area (Å²) in [4.78, 5) is 26.5. The number of non-ortho nitro benzene ring substituents is 1. The van der Waals surface area contributed by atoms with Gasteiger partial charge in [0.2, 0.25) is 5.91 Å². The standard InChI is InChI=1S/C19H18N4O3/c1-14-9-11-22-13-16(21-18(22)12-14)8-10-20-19(24)7-4-15-2-5-17(6-3-15)23(25)26/h2-7,9,11-13H,8,10H2,1H3,(H,20,24)/b7-4+. The molecule has 2 heterocycles. The quantitative estimate of drug-likeness (QED) is 0.420. The number of benzene rings is 1. The van der Waals surface area contributed by atoms with Crippen LogP contribution in [0.2, 0.25) is 0 Å². The first-order valence-corrected chi connectivity index (χ1v) is 8.16. The van der Waals surface area contributed by atoms with E-state index < -0.39 is 4.92 Å². The number of imidazole rings is 1. The number of hydrogen-bond donors (Lipinski definition) is 1. The average molecular weight is 350 g/mol. The van der Waals surface area contributed by atoms with Crippen LogP contribution in [0.5, 0.6) is 0 Å². The average Bonchev–Trinajstić information content (AvgIpc) is 3.02. The molecule has 0 aliphatic heterocycles. The van der Waals surface area contributed by atoms with Crippen molar-refractivity contribution in [2.45, 2.75) is 13.3 Å². The highest BCUT2D eigenvalue weighted by Gasteiger charge is 2.04. The number of aromatic nitrogens is 2. The van der Waals surface area contributed by atoms with Gasteiger partial charge in [-0.25, -0.2) is 4.98 Å². The van der Waals surface area contributed by atoms with Gasteiger partial charge in [0, 0.05) is 43.6 Å². The van der Waals surface area contributed by atoms with Crippen molar-refractivity contribution in [2.24, 2.45) is 0 Å². The summed E-state index contributed by atoms with van der Waals surface area (Å²) in [5.41, 5.74) is 3.70. The van der Waals surface area contributed by atoms with Gasteiger partial charge in [0.1, 0.15) is 5.65 Å². The summed E-state index contributed by atoms with van der Waals surface area (Å²) >= 11 is 0. The van der Waals surface area contributed by atoms with Crippen LogP contribution < -0.4 is 5.32 Å². The van der Waals surface area contributed by atoms with E-state index in [-0.39, 0.29) is 11.6 Å². The largest absolute Gasteiger partial charge is 0.352 e. The topological polar surface area (TPSA) is 89.5 Å². The lowest BCUT2D eigenvalue weighted by atomic mass is 10.2. The van der Waals surface area contributed by atoms with Gasteiger partial charge in [0.05, 0.1) is 10.6 Å². The Morgan fingerprint density at radius 2 is 2.08 bits per heavy atom. The summed E-state index contributed by atoms with van der Waals surface area (Å²) in [6.45, 7) is 2.50. The molecule has 0 aliphatic rings. The van der Waals surface area contributed by atoms with Crippen molar-refractivity contribution in [3.63, 3.8) is 0 Å². The molecule has 2 aromatic heterocycles. The molecule has 7 heteroatoms. The molecule has 0 atom stereocenters. The Morgan fingerprint density at radius 1 is 1.31 bits per heavy atom. The number of nitrogens with zero attached hydrogens (tertiary/aromatic N) is 3. The number of rotatable bonds is 6. The second-order valence-electron chi connectivity index (χ2n) is 5.92. The summed E-state index contributed by atoms with van der Waals surface area (Å²) in [7, 11) is 0. The Kier molecular flexibility index (Phi) is 5.07. The van der Waals surface area contributed by atoms with Crippen LogP contribution in [0.1, 0.15) is 16.8 Å². The number of pyridine rings is 1. The van der Waals surface area contributed by atoms with Crippen molar-refractivity contribution in [1.29, 1.82) is 0 Å². The summed E-state index contributed by atoms with van der Waals surface area (Å²) in [5, 5.41) is 13.4. The molecule has 0 aliphatic carbocycles. The molecule has 0 fully saturated rings. The van der Waals surface area contributed by atoms with E-state index in [0.29, 0.717) is 13.0 Å². The SMILES string of the molecule is Cc1ccn2cc(CCNC(=O)/C=C/c3ccc([N+](=O)[O-])cc3)nc2c1. The fourth-order valence-electron chi connectivity index (χ4n) is 2.51. The minimum absolute atomic E-state index is 0.0225. The van der Waals surface area contributed by atoms with Crippen LogP contribution in [0.4, 0.5) is 5.69 Å². The molecule has 0 bridgehead atoms. The Balaban J connectivity index is 1.50. The van der Waals surface area contributed by atoms with Crippen molar-refractivity contribution in [2.75, 3.05) is 6.54 Å². The lowest BCUT2D eigenvalue weighted by Crippen LogP contribution is -2.23. The lowest BCUT2D eigenvalue weighted by Gasteiger charge is -1.99. The van der Waals surface area contributed by atoms with E-state index in [9.17, 15) is 14.9 Å². The first-order chi connectivity index (χ1) is 12.5. The third-order valence-corrected chi connectivity index (χ3v) is 3.88. The number of nitrogens with one attached hydrogen (secondary N) is 1. The summed E-state index contributed by atoms with van der Waals surface area (Å²) < 4.78 is 1.96. The second-order valence-corrected chi connectivity index (χ2v) is 5.92. The third kappa shape index (κ3) is 4.32. The molecule has 7 nitrogen and oxygen atoms in total. The molecule has 0 unspecified atom stereocenters. The minimum atomic E-state index is -0.457. The second kappa shape index (κ2) is 7.60. The van der Waals surface area contributed by atoms with Crippen LogP contribution in [-0.4, -0.2) is 26.8 Å². The predicted molar refractivity (Wildman–Crippen MR) is 98.8 cm³/mol. The number of fused-ring (bicyclic) bond motifs is 1. The van der Waals surface area contributed by atoms with Gasteiger partial charge >= 0.3 is 0 Å². The molecule has 0 saturated heterocycles. The zero-order valence-corrected chi connectivity index (χ0v) is 14.3. The lowest BCUT2D eigenvalue weighted by molar-refractivity contribution is -0.384. The van der Waals surface area contributed by atoms with Gasteiger partial charge in [-0.05, 0) is 48.4 Å². The van der Waals surface area contributed by atoms with E-state index in [1.807, 2.05) is 35.9 Å². The zero-order valence-electron chi connectivity index (χ0n) is 14.3. The number of carbonyl (C=O) groups excluding carboxylic acids is 1. The smallest absolute Gasteiger partial charge is 0.269 e. The Bertz CT molecular complexity index is 974. The number of carbonyl (C=O) groups is 1. The Morgan fingerprint density at radius 3 is 2.81 bits per heavy atom. The molecular formula is C19H18N4O3. The molecule has 0 spiro atoms. The van der Waals surface area contributed by atoms with E-state index in [2.05, 4.69) is 10.3 Å². The number of aryl methyl sites for hydroxylation is 1. The van der Waals surface area contributed by atoms with Crippen molar-refractivity contribution in [3.8, 4) is 0 Å². The van der Waals surface area contributed by atoms with Gasteiger partial charge in [-0.3, -0.25) is 14.9 Å². The minimum Gasteiger partial charge on any atom is -0.352 e. The van der Waals surface area contributed by atoms with Gasteiger partial charge in [0.15, 0.2) is 0 Å². The summed E-state index contributed by atoms with van der Waals surface area (Å²) in [6.07, 6.45) is 7.58. The number of nitro benzene ring substituents is 1.